The summed E-state index contributed by atoms with van der Waals surface area (Å²) >= 11 is 7.04. The van der Waals surface area contributed by atoms with E-state index in [-0.39, 0.29) is 5.78 Å². The third-order valence-corrected chi connectivity index (χ3v) is 2.97. The second-order valence-corrected chi connectivity index (χ2v) is 3.94. The first kappa shape index (κ1) is 8.66. The maximum atomic E-state index is 11.2. The van der Waals surface area contributed by atoms with Gasteiger partial charge in [-0.05, 0) is 29.7 Å². The maximum Gasteiger partial charge on any atom is 0.171 e. The lowest BCUT2D eigenvalue weighted by Crippen LogP contribution is -1.86. The molecule has 0 saturated carbocycles. The number of hydrogen-bond donors (Lipinski definition) is 0. The summed E-state index contributed by atoms with van der Waals surface area (Å²) in [4.78, 5) is 11.8. The number of ketones is 1. The smallest absolute Gasteiger partial charge is 0.171 e. The Bertz CT molecular complexity index is 477. The zero-order chi connectivity index (χ0) is 9.42. The highest BCUT2D eigenvalue weighted by Crippen LogP contribution is 2.25. The van der Waals surface area contributed by atoms with Gasteiger partial charge >= 0.3 is 0 Å². The number of nitrogens with zero attached hydrogens (tertiary/aromatic N) is 1. The Balaban J connectivity index is 2.79. The zero-order valence-corrected chi connectivity index (χ0v) is 8.45. The number of benzene rings is 1. The van der Waals surface area contributed by atoms with Crippen molar-refractivity contribution in [1.82, 2.24) is 4.37 Å². The van der Waals surface area contributed by atoms with E-state index in [1.807, 2.05) is 6.07 Å². The topological polar surface area (TPSA) is 30.0 Å². The molecule has 4 heteroatoms. The number of fused-ring (bicyclic) bond motifs is 1. The molecule has 0 fully saturated rings. The van der Waals surface area contributed by atoms with Gasteiger partial charge in [0.25, 0.3) is 0 Å². The molecular formula is C9H6ClNOS. The van der Waals surface area contributed by atoms with Gasteiger partial charge in [0.1, 0.15) is 0 Å². The largest absolute Gasteiger partial charge is 0.294 e. The van der Waals surface area contributed by atoms with E-state index in [1.54, 1.807) is 12.1 Å². The first-order valence-corrected chi connectivity index (χ1v) is 4.89. The number of hydrogen-bond acceptors (Lipinski definition) is 3. The Morgan fingerprint density at radius 1 is 1.54 bits per heavy atom. The Morgan fingerprint density at radius 3 is 3.00 bits per heavy atom. The van der Waals surface area contributed by atoms with Crippen LogP contribution < -0.4 is 0 Å². The SMILES string of the molecule is CC(=O)c1snc2ccc(Cl)cc12. The van der Waals surface area contributed by atoms with Crippen LogP contribution >= 0.6 is 23.1 Å². The van der Waals surface area contributed by atoms with Crippen LogP contribution in [0.2, 0.25) is 5.02 Å². The van der Waals surface area contributed by atoms with Crippen molar-refractivity contribution < 1.29 is 4.79 Å². The predicted molar refractivity (Wildman–Crippen MR) is 54.6 cm³/mol. The highest BCUT2D eigenvalue weighted by atomic mass is 35.5. The van der Waals surface area contributed by atoms with Crippen LogP contribution in [-0.4, -0.2) is 10.2 Å². The quantitative estimate of drug-likeness (QED) is 0.679. The molecule has 0 aliphatic rings. The average Bonchev–Trinajstić information content (AvgIpc) is 2.46. The van der Waals surface area contributed by atoms with Crippen molar-refractivity contribution in [2.24, 2.45) is 0 Å². The molecule has 0 N–H and O–H groups in total. The minimum Gasteiger partial charge on any atom is -0.294 e. The van der Waals surface area contributed by atoms with Gasteiger partial charge in [-0.15, -0.1) is 0 Å². The van der Waals surface area contributed by atoms with E-state index in [4.69, 9.17) is 11.6 Å². The van der Waals surface area contributed by atoms with Crippen LogP contribution in [0.1, 0.15) is 16.6 Å². The van der Waals surface area contributed by atoms with Crippen LogP contribution in [0.15, 0.2) is 18.2 Å². The first-order valence-electron chi connectivity index (χ1n) is 3.74. The number of carbonyl (C=O) groups is 1. The monoisotopic (exact) mass is 211 g/mol. The second-order valence-electron chi connectivity index (χ2n) is 2.73. The van der Waals surface area contributed by atoms with E-state index in [9.17, 15) is 4.79 Å². The Hall–Kier alpha value is -0.930. The van der Waals surface area contributed by atoms with Crippen molar-refractivity contribution in [3.05, 3.63) is 28.1 Å². The summed E-state index contributed by atoms with van der Waals surface area (Å²) < 4.78 is 4.14. The third kappa shape index (κ3) is 1.45. The van der Waals surface area contributed by atoms with E-state index in [2.05, 4.69) is 4.37 Å². The fourth-order valence-electron chi connectivity index (χ4n) is 1.17. The van der Waals surface area contributed by atoms with Crippen molar-refractivity contribution >= 4 is 39.8 Å². The highest BCUT2D eigenvalue weighted by molar-refractivity contribution is 7.09. The number of Topliss-reactive ketones (excluding diaryl/α,β-unsaturated/α-hetero) is 1. The van der Waals surface area contributed by atoms with Crippen LogP contribution in [0, 0.1) is 0 Å². The third-order valence-electron chi connectivity index (χ3n) is 1.76. The van der Waals surface area contributed by atoms with Gasteiger partial charge in [-0.2, -0.15) is 4.37 Å². The summed E-state index contributed by atoms with van der Waals surface area (Å²) in [5.74, 6) is 0.0368. The molecule has 0 aliphatic carbocycles. The summed E-state index contributed by atoms with van der Waals surface area (Å²) in [5, 5.41) is 1.49. The Labute approximate surface area is 84.3 Å². The van der Waals surface area contributed by atoms with E-state index in [0.29, 0.717) is 9.90 Å². The summed E-state index contributed by atoms with van der Waals surface area (Å²) in [6, 6.07) is 5.37. The number of halogens is 1. The molecule has 2 rings (SSSR count). The molecule has 0 bridgehead atoms. The molecule has 66 valence electrons. The van der Waals surface area contributed by atoms with Crippen molar-refractivity contribution in [2.75, 3.05) is 0 Å². The first-order chi connectivity index (χ1) is 6.18. The Morgan fingerprint density at radius 2 is 2.31 bits per heavy atom. The molecule has 0 amide bonds. The molecule has 0 radical (unpaired) electrons. The van der Waals surface area contributed by atoms with Gasteiger partial charge in [0.2, 0.25) is 0 Å². The fourth-order valence-corrected chi connectivity index (χ4v) is 2.08. The average molecular weight is 212 g/mol. The number of carbonyl (C=O) groups excluding carboxylic acids is 1. The van der Waals surface area contributed by atoms with Crippen LogP contribution in [-0.2, 0) is 0 Å². The summed E-state index contributed by atoms with van der Waals surface area (Å²) in [7, 11) is 0. The molecule has 0 unspecified atom stereocenters. The zero-order valence-electron chi connectivity index (χ0n) is 6.87. The molecular weight excluding hydrogens is 206 g/mol. The molecule has 1 aromatic heterocycles. The fraction of sp³-hybridized carbons (Fsp3) is 0.111. The molecule has 0 saturated heterocycles. The van der Waals surface area contributed by atoms with Crippen molar-refractivity contribution in [1.29, 1.82) is 0 Å². The molecule has 0 spiro atoms. The van der Waals surface area contributed by atoms with E-state index < -0.39 is 0 Å². The lowest BCUT2D eigenvalue weighted by molar-refractivity contribution is 0.102. The predicted octanol–water partition coefficient (Wildman–Crippen LogP) is 3.15. The molecule has 0 aliphatic heterocycles. The van der Waals surface area contributed by atoms with Gasteiger partial charge in [0.15, 0.2) is 5.78 Å². The minimum atomic E-state index is 0.0368. The van der Waals surface area contributed by atoms with Gasteiger partial charge in [-0.1, -0.05) is 11.6 Å². The highest BCUT2D eigenvalue weighted by Gasteiger charge is 2.09. The number of rotatable bonds is 1. The van der Waals surface area contributed by atoms with Gasteiger partial charge in [0.05, 0.1) is 10.4 Å². The number of aromatic nitrogens is 1. The maximum absolute atomic E-state index is 11.2. The van der Waals surface area contributed by atoms with Crippen molar-refractivity contribution in [3.8, 4) is 0 Å². The lowest BCUT2D eigenvalue weighted by Gasteiger charge is -1.91. The summed E-state index contributed by atoms with van der Waals surface area (Å²) in [6.45, 7) is 1.54. The summed E-state index contributed by atoms with van der Waals surface area (Å²) in [5.41, 5.74) is 0.833. The molecule has 1 heterocycles. The molecule has 2 aromatic rings. The van der Waals surface area contributed by atoms with Crippen molar-refractivity contribution in [3.63, 3.8) is 0 Å². The molecule has 13 heavy (non-hydrogen) atoms. The standard InChI is InChI=1S/C9H6ClNOS/c1-5(12)9-7-4-6(10)2-3-8(7)11-13-9/h2-4H,1H3. The normalized spacial score (nSPS) is 10.6. The Kier molecular flexibility index (Phi) is 2.06. The van der Waals surface area contributed by atoms with E-state index in [0.717, 1.165) is 10.9 Å². The van der Waals surface area contributed by atoms with E-state index >= 15 is 0 Å². The van der Waals surface area contributed by atoms with Crippen LogP contribution in [0.4, 0.5) is 0 Å². The molecule has 2 nitrogen and oxygen atoms in total. The lowest BCUT2D eigenvalue weighted by atomic mass is 10.2. The molecule has 1 aromatic carbocycles. The minimum absolute atomic E-state index is 0.0368. The van der Waals surface area contributed by atoms with Gasteiger partial charge in [-0.3, -0.25) is 4.79 Å². The molecule has 0 atom stereocenters. The van der Waals surface area contributed by atoms with Crippen molar-refractivity contribution in [2.45, 2.75) is 6.92 Å². The van der Waals surface area contributed by atoms with Gasteiger partial charge < -0.3 is 0 Å². The van der Waals surface area contributed by atoms with E-state index in [1.165, 1.54) is 18.5 Å². The van der Waals surface area contributed by atoms with Gasteiger partial charge in [0, 0.05) is 17.3 Å². The van der Waals surface area contributed by atoms with Gasteiger partial charge in [-0.25, -0.2) is 0 Å². The second kappa shape index (κ2) is 3.09. The summed E-state index contributed by atoms with van der Waals surface area (Å²) in [6.07, 6.45) is 0. The van der Waals surface area contributed by atoms with Crippen LogP contribution in [0.5, 0.6) is 0 Å². The van der Waals surface area contributed by atoms with Crippen LogP contribution in [0.25, 0.3) is 10.9 Å². The van der Waals surface area contributed by atoms with Crippen LogP contribution in [0.3, 0.4) is 0 Å².